The number of rotatable bonds is 8. The Labute approximate surface area is 216 Å². The molecular weight excluding hydrogens is 559 g/mol. The highest BCUT2D eigenvalue weighted by atomic mass is 32.2. The fourth-order valence-corrected chi connectivity index (χ4v) is 6.64. The van der Waals surface area contributed by atoms with Gasteiger partial charge in [-0.3, -0.25) is 9.78 Å². The first-order chi connectivity index (χ1) is 17.5. The molecule has 3 rings (SSSR count). The summed E-state index contributed by atoms with van der Waals surface area (Å²) in [6.07, 6.45) is -1.62. The molecule has 0 N–H and O–H groups in total. The van der Waals surface area contributed by atoms with Gasteiger partial charge in [-0.25, -0.2) is 16.8 Å². The zero-order chi connectivity index (χ0) is 28.5. The molecule has 0 saturated carbocycles. The van der Waals surface area contributed by atoms with Crippen LogP contribution < -0.4 is 4.74 Å². The number of pyridine rings is 1. The van der Waals surface area contributed by atoms with Crippen LogP contribution in [0.4, 0.5) is 22.0 Å². The molecule has 8 nitrogen and oxygen atoms in total. The van der Waals surface area contributed by atoms with Crippen LogP contribution in [0.15, 0.2) is 46.5 Å². The lowest BCUT2D eigenvalue weighted by Gasteiger charge is -2.33. The maximum absolute atomic E-state index is 13.1. The van der Waals surface area contributed by atoms with E-state index in [4.69, 9.17) is 0 Å². The first-order valence-electron chi connectivity index (χ1n) is 11.3. The lowest BCUT2D eigenvalue weighted by atomic mass is 9.92. The maximum Gasteiger partial charge on any atom is 0.417 e. The molecule has 38 heavy (non-hydrogen) atoms. The minimum Gasteiger partial charge on any atom is -0.435 e. The number of hydrogen-bond donors (Lipinski definition) is 0. The first-order valence-corrected chi connectivity index (χ1v) is 14.8. The molecule has 1 atom stereocenters. The Kier molecular flexibility index (Phi) is 8.71. The third kappa shape index (κ3) is 6.98. The molecule has 1 aromatic carbocycles. The van der Waals surface area contributed by atoms with E-state index >= 15 is 0 Å². The predicted molar refractivity (Wildman–Crippen MR) is 125 cm³/mol. The molecule has 2 aromatic rings. The van der Waals surface area contributed by atoms with E-state index in [2.05, 4.69) is 9.72 Å². The topological polar surface area (TPSA) is 111 Å². The highest BCUT2D eigenvalue weighted by Crippen LogP contribution is 2.33. The number of sulfone groups is 2. The molecule has 1 unspecified atom stereocenters. The number of alkyl halides is 5. The second-order valence-electron chi connectivity index (χ2n) is 9.04. The number of aromatic nitrogens is 1. The van der Waals surface area contributed by atoms with Crippen LogP contribution in [0.5, 0.6) is 5.75 Å². The van der Waals surface area contributed by atoms with Crippen molar-refractivity contribution in [2.75, 3.05) is 19.3 Å². The molecule has 210 valence electrons. The van der Waals surface area contributed by atoms with E-state index in [0.717, 1.165) is 30.7 Å². The molecule has 0 radical (unpaired) electrons. The van der Waals surface area contributed by atoms with Crippen LogP contribution in [-0.4, -0.2) is 63.8 Å². The molecule has 15 heteroatoms. The molecule has 1 aliphatic heterocycles. The van der Waals surface area contributed by atoms with E-state index in [1.807, 2.05) is 0 Å². The molecule has 0 bridgehead atoms. The van der Waals surface area contributed by atoms with Gasteiger partial charge in [-0.05, 0) is 56.4 Å². The van der Waals surface area contributed by atoms with Crippen LogP contribution in [0.25, 0.3) is 0 Å². The maximum atomic E-state index is 13.1. The zero-order valence-electron chi connectivity index (χ0n) is 20.3. The molecule has 1 aromatic heterocycles. The number of carbonyl (C=O) groups excluding carboxylic acids is 1. The van der Waals surface area contributed by atoms with Crippen molar-refractivity contribution in [3.8, 4) is 5.75 Å². The van der Waals surface area contributed by atoms with E-state index < -0.39 is 64.7 Å². The van der Waals surface area contributed by atoms with Gasteiger partial charge in [0.2, 0.25) is 0 Å². The quantitative estimate of drug-likeness (QED) is 0.428. The van der Waals surface area contributed by atoms with E-state index in [1.54, 1.807) is 0 Å². The van der Waals surface area contributed by atoms with Crippen molar-refractivity contribution >= 4 is 25.6 Å². The average Bonchev–Trinajstić information content (AvgIpc) is 2.82. The van der Waals surface area contributed by atoms with Crippen molar-refractivity contribution in [2.24, 2.45) is 5.92 Å². The summed E-state index contributed by atoms with van der Waals surface area (Å²) in [5, 5.41) is -1.01. The number of piperidine rings is 1. The zero-order valence-corrected chi connectivity index (χ0v) is 21.9. The fraction of sp³-hybridized carbons (Fsp3) is 0.478. The number of halogens is 5. The van der Waals surface area contributed by atoms with Crippen LogP contribution in [0, 0.1) is 5.92 Å². The summed E-state index contributed by atoms with van der Waals surface area (Å²) >= 11 is 0. The van der Waals surface area contributed by atoms with Crippen molar-refractivity contribution in [1.82, 2.24) is 9.88 Å². The van der Waals surface area contributed by atoms with Crippen LogP contribution >= 0.6 is 0 Å². The Morgan fingerprint density at radius 2 is 1.74 bits per heavy atom. The molecule has 0 aliphatic carbocycles. The SMILES string of the molecule is CC(CC1CCN(C(=O)c2ccc(OC(F)F)cc2S(C)(=O)=O)CC1)S(=O)(=O)c1cncc(C(F)(F)F)c1. The Bertz CT molecular complexity index is 1390. The highest BCUT2D eigenvalue weighted by Gasteiger charge is 2.35. The van der Waals surface area contributed by atoms with Gasteiger partial charge in [-0.15, -0.1) is 0 Å². The third-order valence-electron chi connectivity index (χ3n) is 6.27. The summed E-state index contributed by atoms with van der Waals surface area (Å²) < 4.78 is 118. The molecule has 1 amide bonds. The summed E-state index contributed by atoms with van der Waals surface area (Å²) in [6.45, 7) is -1.45. The number of carbonyl (C=O) groups is 1. The van der Waals surface area contributed by atoms with Gasteiger partial charge in [0.05, 0.1) is 26.2 Å². The Morgan fingerprint density at radius 1 is 1.11 bits per heavy atom. The van der Waals surface area contributed by atoms with Crippen LogP contribution in [0.2, 0.25) is 0 Å². The summed E-state index contributed by atoms with van der Waals surface area (Å²) in [4.78, 5) is 16.9. The smallest absolute Gasteiger partial charge is 0.417 e. The summed E-state index contributed by atoms with van der Waals surface area (Å²) in [7, 11) is -8.08. The lowest BCUT2D eigenvalue weighted by molar-refractivity contribution is -0.138. The number of amides is 1. The standard InChI is InChI=1S/C23H25F5N2O6S2/c1-14(38(34,35)18-10-16(12-29-13-18)23(26,27)28)9-15-5-7-30(8-6-15)21(31)19-4-3-17(36-22(24)25)11-20(19)37(2,32)33/h3-4,10-15,22H,5-9H2,1-2H3. The van der Waals surface area contributed by atoms with E-state index in [9.17, 15) is 43.6 Å². The van der Waals surface area contributed by atoms with Gasteiger partial charge in [0.25, 0.3) is 5.91 Å². The Hall–Kier alpha value is -2.81. The molecule has 1 aliphatic rings. The number of ether oxygens (including phenoxy) is 1. The predicted octanol–water partition coefficient (Wildman–Crippen LogP) is 4.21. The number of benzene rings is 1. The minimum atomic E-state index is -4.74. The highest BCUT2D eigenvalue weighted by molar-refractivity contribution is 7.92. The van der Waals surface area contributed by atoms with Gasteiger partial charge in [0.15, 0.2) is 19.7 Å². The number of hydrogen-bond acceptors (Lipinski definition) is 7. The Morgan fingerprint density at radius 3 is 2.29 bits per heavy atom. The van der Waals surface area contributed by atoms with Gasteiger partial charge >= 0.3 is 12.8 Å². The van der Waals surface area contributed by atoms with Crippen molar-refractivity contribution in [2.45, 2.75) is 54.0 Å². The molecule has 1 saturated heterocycles. The van der Waals surface area contributed by atoms with Gasteiger partial charge < -0.3 is 9.64 Å². The fourth-order valence-electron chi connectivity index (χ4n) is 4.26. The molecular formula is C23H25F5N2O6S2. The third-order valence-corrected chi connectivity index (χ3v) is 9.54. The second kappa shape index (κ2) is 11.1. The van der Waals surface area contributed by atoms with Crippen molar-refractivity contribution in [3.05, 3.63) is 47.8 Å². The van der Waals surface area contributed by atoms with Gasteiger partial charge in [0, 0.05) is 31.7 Å². The van der Waals surface area contributed by atoms with Crippen LogP contribution in [0.3, 0.4) is 0 Å². The summed E-state index contributed by atoms with van der Waals surface area (Å²) in [5.74, 6) is -1.22. The number of likely N-dealkylation sites (tertiary alicyclic amines) is 1. The summed E-state index contributed by atoms with van der Waals surface area (Å²) in [6, 6.07) is 3.57. The lowest BCUT2D eigenvalue weighted by Crippen LogP contribution is -2.40. The minimum absolute atomic E-state index is 0.134. The first kappa shape index (κ1) is 29.7. The van der Waals surface area contributed by atoms with E-state index in [-0.39, 0.29) is 31.0 Å². The van der Waals surface area contributed by atoms with E-state index in [1.165, 1.54) is 11.8 Å². The van der Waals surface area contributed by atoms with Gasteiger partial charge in [-0.2, -0.15) is 22.0 Å². The summed E-state index contributed by atoms with van der Waals surface area (Å²) in [5.41, 5.74) is -1.37. The normalized spacial score (nSPS) is 16.5. The van der Waals surface area contributed by atoms with Crippen molar-refractivity contribution in [3.63, 3.8) is 0 Å². The monoisotopic (exact) mass is 584 g/mol. The second-order valence-corrected chi connectivity index (χ2v) is 13.4. The van der Waals surface area contributed by atoms with Crippen molar-refractivity contribution < 1.29 is 48.3 Å². The van der Waals surface area contributed by atoms with Gasteiger partial charge in [0.1, 0.15) is 5.75 Å². The molecule has 2 heterocycles. The number of nitrogens with zero attached hydrogens (tertiary/aromatic N) is 2. The largest absolute Gasteiger partial charge is 0.435 e. The van der Waals surface area contributed by atoms with Crippen LogP contribution in [-0.2, 0) is 25.9 Å². The Balaban J connectivity index is 1.69. The molecule has 0 spiro atoms. The van der Waals surface area contributed by atoms with Gasteiger partial charge in [-0.1, -0.05) is 0 Å². The van der Waals surface area contributed by atoms with Crippen molar-refractivity contribution in [1.29, 1.82) is 0 Å². The molecule has 1 fully saturated rings. The van der Waals surface area contributed by atoms with E-state index in [0.29, 0.717) is 25.1 Å². The van der Waals surface area contributed by atoms with Crippen LogP contribution in [0.1, 0.15) is 42.1 Å². The average molecular weight is 585 g/mol.